The Balaban J connectivity index is 2.27. The first-order valence-corrected chi connectivity index (χ1v) is 5.77. The molecule has 0 spiro atoms. The Hall–Kier alpha value is -1.14. The van der Waals surface area contributed by atoms with E-state index in [9.17, 15) is 9.59 Å². The summed E-state index contributed by atoms with van der Waals surface area (Å²) in [4.78, 5) is 22.2. The summed E-state index contributed by atoms with van der Waals surface area (Å²) in [5, 5.41) is 11.3. The number of carbonyl (C=O) groups is 2. The Morgan fingerprint density at radius 1 is 1.53 bits per heavy atom. The van der Waals surface area contributed by atoms with E-state index in [-0.39, 0.29) is 18.9 Å². The highest BCUT2D eigenvalue weighted by molar-refractivity contribution is 5.80. The van der Waals surface area contributed by atoms with Crippen molar-refractivity contribution in [2.75, 3.05) is 20.3 Å². The van der Waals surface area contributed by atoms with Gasteiger partial charge in [0.05, 0.1) is 12.5 Å². The van der Waals surface area contributed by atoms with E-state index in [1.54, 1.807) is 0 Å². The normalized spacial score (nSPS) is 21.8. The lowest BCUT2D eigenvalue weighted by atomic mass is 10.1. The number of carbonyl (C=O) groups excluding carboxylic acids is 1. The van der Waals surface area contributed by atoms with Crippen LogP contribution >= 0.6 is 0 Å². The smallest absolute Gasteiger partial charge is 0.306 e. The van der Waals surface area contributed by atoms with Gasteiger partial charge in [-0.05, 0) is 19.3 Å². The number of rotatable bonds is 6. The monoisotopic (exact) mass is 245 g/mol. The molecular weight excluding hydrogens is 226 g/mol. The first-order valence-electron chi connectivity index (χ1n) is 5.77. The van der Waals surface area contributed by atoms with Gasteiger partial charge in [0.15, 0.2) is 0 Å². The molecule has 1 fully saturated rings. The first-order chi connectivity index (χ1) is 8.13. The van der Waals surface area contributed by atoms with Crippen LogP contribution < -0.4 is 5.32 Å². The molecule has 0 aromatic heterocycles. The molecule has 1 heterocycles. The summed E-state index contributed by atoms with van der Waals surface area (Å²) in [6.07, 6.45) is 1.68. The van der Waals surface area contributed by atoms with Gasteiger partial charge in [0, 0.05) is 20.3 Å². The fourth-order valence-electron chi connectivity index (χ4n) is 1.71. The van der Waals surface area contributed by atoms with Crippen molar-refractivity contribution in [2.45, 2.75) is 37.9 Å². The second-order valence-corrected chi connectivity index (χ2v) is 4.06. The Morgan fingerprint density at radius 2 is 2.29 bits per heavy atom. The van der Waals surface area contributed by atoms with Crippen molar-refractivity contribution in [3.05, 3.63) is 0 Å². The molecule has 0 aromatic carbocycles. The number of ether oxygens (including phenoxy) is 2. The van der Waals surface area contributed by atoms with Crippen LogP contribution in [-0.4, -0.2) is 49.5 Å². The number of nitrogens with one attached hydrogen (secondary N) is 1. The molecule has 1 aliphatic rings. The second kappa shape index (κ2) is 7.24. The predicted molar refractivity (Wildman–Crippen MR) is 59.7 cm³/mol. The minimum Gasteiger partial charge on any atom is -0.481 e. The number of carboxylic acids is 1. The molecule has 0 saturated carbocycles. The van der Waals surface area contributed by atoms with Crippen LogP contribution in [0.3, 0.4) is 0 Å². The van der Waals surface area contributed by atoms with Gasteiger partial charge in [-0.3, -0.25) is 9.59 Å². The van der Waals surface area contributed by atoms with Crippen LogP contribution in [0.25, 0.3) is 0 Å². The van der Waals surface area contributed by atoms with Crippen LogP contribution in [0, 0.1) is 0 Å². The molecule has 17 heavy (non-hydrogen) atoms. The molecule has 0 aromatic rings. The molecule has 6 nitrogen and oxygen atoms in total. The van der Waals surface area contributed by atoms with Gasteiger partial charge in [-0.2, -0.15) is 0 Å². The van der Waals surface area contributed by atoms with E-state index < -0.39 is 18.2 Å². The van der Waals surface area contributed by atoms with Crippen LogP contribution in [0.15, 0.2) is 0 Å². The minimum atomic E-state index is -0.944. The van der Waals surface area contributed by atoms with Gasteiger partial charge in [0.2, 0.25) is 5.91 Å². The number of carboxylic acid groups (broad SMARTS) is 1. The molecule has 0 bridgehead atoms. The molecule has 98 valence electrons. The molecule has 1 saturated heterocycles. The summed E-state index contributed by atoms with van der Waals surface area (Å²) in [7, 11) is 1.43. The van der Waals surface area contributed by atoms with E-state index in [0.717, 1.165) is 19.3 Å². The highest BCUT2D eigenvalue weighted by Crippen LogP contribution is 2.12. The molecule has 1 rings (SSSR count). The number of methoxy groups -OCH3 is 1. The lowest BCUT2D eigenvalue weighted by Crippen LogP contribution is -2.42. The van der Waals surface area contributed by atoms with E-state index in [4.69, 9.17) is 14.6 Å². The number of amides is 1. The molecule has 2 atom stereocenters. The zero-order valence-corrected chi connectivity index (χ0v) is 9.98. The SMILES string of the molecule is COC(CNC(=O)C1CCCCO1)CC(=O)O. The van der Waals surface area contributed by atoms with Gasteiger partial charge in [-0.25, -0.2) is 0 Å². The second-order valence-electron chi connectivity index (χ2n) is 4.06. The zero-order valence-electron chi connectivity index (χ0n) is 9.98. The number of aliphatic carboxylic acids is 1. The third kappa shape index (κ3) is 5.14. The van der Waals surface area contributed by atoms with Gasteiger partial charge < -0.3 is 19.9 Å². The maximum Gasteiger partial charge on any atom is 0.306 e. The standard InChI is InChI=1S/C11H19NO5/c1-16-8(6-10(13)14)7-12-11(15)9-4-2-3-5-17-9/h8-9H,2-7H2,1H3,(H,12,15)(H,13,14). The Kier molecular flexibility index (Phi) is 5.93. The summed E-state index contributed by atoms with van der Waals surface area (Å²) in [6.45, 7) is 0.808. The average Bonchev–Trinajstić information content (AvgIpc) is 2.34. The molecule has 0 aliphatic carbocycles. The Labute approximate surface area is 100 Å². The summed E-state index contributed by atoms with van der Waals surface area (Å²) < 4.78 is 10.3. The molecule has 2 unspecified atom stereocenters. The molecule has 6 heteroatoms. The van der Waals surface area contributed by atoms with Crippen molar-refractivity contribution in [3.63, 3.8) is 0 Å². The molecule has 1 amide bonds. The van der Waals surface area contributed by atoms with Gasteiger partial charge >= 0.3 is 5.97 Å². The van der Waals surface area contributed by atoms with E-state index in [2.05, 4.69) is 5.32 Å². The topological polar surface area (TPSA) is 84.9 Å². The molecular formula is C11H19NO5. The lowest BCUT2D eigenvalue weighted by molar-refractivity contribution is -0.141. The van der Waals surface area contributed by atoms with Gasteiger partial charge in [-0.15, -0.1) is 0 Å². The predicted octanol–water partition coefficient (Wildman–Crippen LogP) is 0.161. The minimum absolute atomic E-state index is 0.123. The van der Waals surface area contributed by atoms with Crippen molar-refractivity contribution in [1.82, 2.24) is 5.32 Å². The highest BCUT2D eigenvalue weighted by Gasteiger charge is 2.22. The lowest BCUT2D eigenvalue weighted by Gasteiger charge is -2.22. The average molecular weight is 245 g/mol. The van der Waals surface area contributed by atoms with Crippen LogP contribution in [0.4, 0.5) is 0 Å². The summed E-state index contributed by atoms with van der Waals surface area (Å²) in [5.41, 5.74) is 0. The van der Waals surface area contributed by atoms with E-state index in [1.807, 2.05) is 0 Å². The fourth-order valence-corrected chi connectivity index (χ4v) is 1.71. The van der Waals surface area contributed by atoms with Crippen LogP contribution in [0.1, 0.15) is 25.7 Å². The molecule has 2 N–H and O–H groups in total. The Bertz CT molecular complexity index is 263. The van der Waals surface area contributed by atoms with Crippen LogP contribution in [0.2, 0.25) is 0 Å². The van der Waals surface area contributed by atoms with Gasteiger partial charge in [0.1, 0.15) is 6.10 Å². The number of hydrogen-bond donors (Lipinski definition) is 2. The third-order valence-electron chi connectivity index (χ3n) is 2.71. The maximum atomic E-state index is 11.7. The van der Waals surface area contributed by atoms with Gasteiger partial charge in [0.25, 0.3) is 0 Å². The maximum absolute atomic E-state index is 11.7. The fraction of sp³-hybridized carbons (Fsp3) is 0.818. The van der Waals surface area contributed by atoms with Crippen molar-refractivity contribution in [1.29, 1.82) is 0 Å². The van der Waals surface area contributed by atoms with Crippen molar-refractivity contribution in [2.24, 2.45) is 0 Å². The van der Waals surface area contributed by atoms with E-state index >= 15 is 0 Å². The molecule has 0 radical (unpaired) electrons. The van der Waals surface area contributed by atoms with Crippen LogP contribution in [0.5, 0.6) is 0 Å². The zero-order chi connectivity index (χ0) is 12.7. The number of hydrogen-bond acceptors (Lipinski definition) is 4. The van der Waals surface area contributed by atoms with E-state index in [1.165, 1.54) is 7.11 Å². The van der Waals surface area contributed by atoms with Gasteiger partial charge in [-0.1, -0.05) is 0 Å². The summed E-state index contributed by atoms with van der Waals surface area (Å²) >= 11 is 0. The highest BCUT2D eigenvalue weighted by atomic mass is 16.5. The van der Waals surface area contributed by atoms with Crippen molar-refractivity contribution >= 4 is 11.9 Å². The summed E-state index contributed by atoms with van der Waals surface area (Å²) in [5.74, 6) is -1.13. The largest absolute Gasteiger partial charge is 0.481 e. The van der Waals surface area contributed by atoms with Crippen molar-refractivity contribution in [3.8, 4) is 0 Å². The quantitative estimate of drug-likeness (QED) is 0.696. The van der Waals surface area contributed by atoms with E-state index in [0.29, 0.717) is 6.61 Å². The Morgan fingerprint density at radius 3 is 2.82 bits per heavy atom. The first kappa shape index (κ1) is 13.9. The third-order valence-corrected chi connectivity index (χ3v) is 2.71. The molecule has 1 aliphatic heterocycles. The van der Waals surface area contributed by atoms with Crippen LogP contribution in [-0.2, 0) is 19.1 Å². The van der Waals surface area contributed by atoms with Crippen molar-refractivity contribution < 1.29 is 24.2 Å². The summed E-state index contributed by atoms with van der Waals surface area (Å²) in [6, 6.07) is 0.